The Kier molecular flexibility index (Phi) is 7.88. The Morgan fingerprint density at radius 3 is 2.07 bits per heavy atom. The first-order chi connectivity index (χ1) is 14.0. The predicted octanol–water partition coefficient (Wildman–Crippen LogP) is 2.15. The fourth-order valence-electron chi connectivity index (χ4n) is 2.63. The fourth-order valence-corrected chi connectivity index (χ4v) is 2.63. The van der Waals surface area contributed by atoms with E-state index in [4.69, 9.17) is 29.8 Å². The van der Waals surface area contributed by atoms with Crippen molar-refractivity contribution in [3.63, 3.8) is 0 Å². The molecule has 0 aliphatic heterocycles. The quantitative estimate of drug-likeness (QED) is 0.551. The SMILES string of the molecule is COc1ccc(/C=C\c2cc(OC)c(OC)c(OC)c2)cc1NC(=O)[C@H](N)CO. The largest absolute Gasteiger partial charge is 0.495 e. The maximum Gasteiger partial charge on any atom is 0.243 e. The predicted molar refractivity (Wildman–Crippen MR) is 112 cm³/mol. The minimum atomic E-state index is -1.02. The number of methoxy groups -OCH3 is 4. The van der Waals surface area contributed by atoms with Crippen molar-refractivity contribution in [2.45, 2.75) is 6.04 Å². The lowest BCUT2D eigenvalue weighted by Crippen LogP contribution is -2.38. The highest BCUT2D eigenvalue weighted by Gasteiger charge is 2.15. The molecule has 0 radical (unpaired) electrons. The zero-order valence-corrected chi connectivity index (χ0v) is 16.9. The Morgan fingerprint density at radius 2 is 1.55 bits per heavy atom. The standard InChI is InChI=1S/C21H26N2O6/c1-26-17-8-7-13(9-16(17)23-21(25)15(22)12-24)5-6-14-10-18(27-2)20(29-4)19(11-14)28-3/h5-11,15,24H,12,22H2,1-4H3,(H,23,25)/b6-5-/t15-/m1/s1. The molecule has 29 heavy (non-hydrogen) atoms. The van der Waals surface area contributed by atoms with Gasteiger partial charge in [0.25, 0.3) is 0 Å². The molecule has 2 rings (SSSR count). The van der Waals surface area contributed by atoms with Gasteiger partial charge in [-0.25, -0.2) is 0 Å². The van der Waals surface area contributed by atoms with Crippen molar-refractivity contribution >= 4 is 23.7 Å². The molecule has 0 unspecified atom stereocenters. The average molecular weight is 402 g/mol. The molecule has 0 fully saturated rings. The number of nitrogens with one attached hydrogen (secondary N) is 1. The third kappa shape index (κ3) is 5.40. The molecule has 2 aromatic carbocycles. The van der Waals surface area contributed by atoms with E-state index < -0.39 is 18.6 Å². The number of aliphatic hydroxyl groups excluding tert-OH is 1. The van der Waals surface area contributed by atoms with Gasteiger partial charge in [0.1, 0.15) is 11.8 Å². The molecular weight excluding hydrogens is 376 g/mol. The summed E-state index contributed by atoms with van der Waals surface area (Å²) in [5.41, 5.74) is 7.66. The Balaban J connectivity index is 2.33. The smallest absolute Gasteiger partial charge is 0.243 e. The van der Waals surface area contributed by atoms with E-state index in [0.717, 1.165) is 11.1 Å². The number of carbonyl (C=O) groups is 1. The Morgan fingerprint density at radius 1 is 0.966 bits per heavy atom. The van der Waals surface area contributed by atoms with Gasteiger partial charge in [-0.15, -0.1) is 0 Å². The number of hydrogen-bond donors (Lipinski definition) is 3. The molecule has 4 N–H and O–H groups in total. The van der Waals surface area contributed by atoms with E-state index in [9.17, 15) is 4.79 Å². The third-order valence-electron chi connectivity index (χ3n) is 4.17. The molecule has 156 valence electrons. The van der Waals surface area contributed by atoms with Crippen molar-refractivity contribution in [1.29, 1.82) is 0 Å². The topological polar surface area (TPSA) is 112 Å². The van der Waals surface area contributed by atoms with Crippen LogP contribution < -0.4 is 30.0 Å². The van der Waals surface area contributed by atoms with E-state index in [1.807, 2.05) is 30.4 Å². The first-order valence-electron chi connectivity index (χ1n) is 8.80. The molecule has 8 heteroatoms. The molecule has 1 atom stereocenters. The van der Waals surface area contributed by atoms with Crippen LogP contribution >= 0.6 is 0 Å². The lowest BCUT2D eigenvalue weighted by atomic mass is 10.1. The van der Waals surface area contributed by atoms with Crippen molar-refractivity contribution in [3.8, 4) is 23.0 Å². The van der Waals surface area contributed by atoms with Gasteiger partial charge >= 0.3 is 0 Å². The van der Waals surface area contributed by atoms with E-state index >= 15 is 0 Å². The number of carbonyl (C=O) groups excluding carboxylic acids is 1. The van der Waals surface area contributed by atoms with Gasteiger partial charge in [0.05, 0.1) is 40.7 Å². The lowest BCUT2D eigenvalue weighted by Gasteiger charge is -2.14. The molecule has 0 saturated carbocycles. The summed E-state index contributed by atoms with van der Waals surface area (Å²) in [4.78, 5) is 12.0. The van der Waals surface area contributed by atoms with Gasteiger partial charge in [-0.1, -0.05) is 18.2 Å². The Labute approximate surface area is 169 Å². The maximum absolute atomic E-state index is 12.0. The van der Waals surface area contributed by atoms with Crippen LogP contribution in [-0.2, 0) is 4.79 Å². The van der Waals surface area contributed by atoms with Gasteiger partial charge < -0.3 is 35.1 Å². The monoisotopic (exact) mass is 402 g/mol. The van der Waals surface area contributed by atoms with Crippen molar-refractivity contribution in [2.24, 2.45) is 5.73 Å². The molecule has 0 heterocycles. The second-order valence-corrected chi connectivity index (χ2v) is 6.03. The lowest BCUT2D eigenvalue weighted by molar-refractivity contribution is -0.118. The van der Waals surface area contributed by atoms with Crippen LogP contribution in [0.5, 0.6) is 23.0 Å². The number of nitrogens with two attached hydrogens (primary N) is 1. The summed E-state index contributed by atoms with van der Waals surface area (Å²) in [6, 6.07) is 7.95. The average Bonchev–Trinajstić information content (AvgIpc) is 2.76. The van der Waals surface area contributed by atoms with Gasteiger partial charge in [-0.2, -0.15) is 0 Å². The number of aliphatic hydroxyl groups is 1. The van der Waals surface area contributed by atoms with Crippen LogP contribution in [0, 0.1) is 0 Å². The molecule has 0 spiro atoms. The summed E-state index contributed by atoms with van der Waals surface area (Å²) < 4.78 is 21.3. The van der Waals surface area contributed by atoms with Gasteiger partial charge in [0.15, 0.2) is 11.5 Å². The number of hydrogen-bond acceptors (Lipinski definition) is 7. The third-order valence-corrected chi connectivity index (χ3v) is 4.17. The van der Waals surface area contributed by atoms with Gasteiger partial charge in [0, 0.05) is 0 Å². The molecule has 2 aromatic rings. The van der Waals surface area contributed by atoms with Crippen LogP contribution in [0.1, 0.15) is 11.1 Å². The van der Waals surface area contributed by atoms with Crippen molar-refractivity contribution in [1.82, 2.24) is 0 Å². The Bertz CT molecular complexity index is 856. The second kappa shape index (κ2) is 10.4. The zero-order valence-electron chi connectivity index (χ0n) is 16.9. The summed E-state index contributed by atoms with van der Waals surface area (Å²) in [5, 5.41) is 11.7. The van der Waals surface area contributed by atoms with Crippen LogP contribution in [0.4, 0.5) is 5.69 Å². The first-order valence-corrected chi connectivity index (χ1v) is 8.80. The molecule has 0 aromatic heterocycles. The summed E-state index contributed by atoms with van der Waals surface area (Å²) in [5.74, 6) is 1.59. The second-order valence-electron chi connectivity index (χ2n) is 6.03. The highest BCUT2D eigenvalue weighted by Crippen LogP contribution is 2.38. The minimum absolute atomic E-state index is 0.450. The summed E-state index contributed by atoms with van der Waals surface area (Å²) in [6.45, 7) is -0.450. The van der Waals surface area contributed by atoms with E-state index in [0.29, 0.717) is 28.7 Å². The fraction of sp³-hybridized carbons (Fsp3) is 0.286. The van der Waals surface area contributed by atoms with Crippen molar-refractivity contribution in [3.05, 3.63) is 41.5 Å². The summed E-state index contributed by atoms with van der Waals surface area (Å²) in [7, 11) is 6.16. The van der Waals surface area contributed by atoms with Crippen LogP contribution in [0.25, 0.3) is 12.2 Å². The molecule has 0 bridgehead atoms. The molecule has 0 saturated heterocycles. The maximum atomic E-state index is 12.0. The number of amides is 1. The molecule has 0 aliphatic carbocycles. The molecule has 1 amide bonds. The van der Waals surface area contributed by atoms with E-state index in [-0.39, 0.29) is 0 Å². The highest BCUT2D eigenvalue weighted by molar-refractivity contribution is 5.96. The van der Waals surface area contributed by atoms with E-state index in [1.165, 1.54) is 7.11 Å². The van der Waals surface area contributed by atoms with Crippen LogP contribution in [0.3, 0.4) is 0 Å². The van der Waals surface area contributed by atoms with E-state index in [1.54, 1.807) is 33.5 Å². The van der Waals surface area contributed by atoms with Gasteiger partial charge in [-0.3, -0.25) is 4.79 Å². The zero-order chi connectivity index (χ0) is 21.4. The van der Waals surface area contributed by atoms with E-state index in [2.05, 4.69) is 5.32 Å². The number of benzene rings is 2. The Hall–Kier alpha value is -3.23. The normalized spacial score (nSPS) is 11.8. The molecule has 0 aliphatic rings. The molecule has 8 nitrogen and oxygen atoms in total. The van der Waals surface area contributed by atoms with Crippen LogP contribution in [0.15, 0.2) is 30.3 Å². The summed E-state index contributed by atoms with van der Waals surface area (Å²) >= 11 is 0. The van der Waals surface area contributed by atoms with Crippen molar-refractivity contribution < 1.29 is 28.8 Å². The number of anilines is 1. The van der Waals surface area contributed by atoms with Crippen LogP contribution in [0.2, 0.25) is 0 Å². The van der Waals surface area contributed by atoms with Crippen LogP contribution in [-0.4, -0.2) is 52.1 Å². The number of rotatable bonds is 9. The van der Waals surface area contributed by atoms with Gasteiger partial charge in [-0.05, 0) is 35.4 Å². The number of ether oxygens (including phenoxy) is 4. The first kappa shape index (κ1) is 22.1. The summed E-state index contributed by atoms with van der Waals surface area (Å²) in [6.07, 6.45) is 3.74. The van der Waals surface area contributed by atoms with Gasteiger partial charge in [0.2, 0.25) is 11.7 Å². The van der Waals surface area contributed by atoms with Crippen molar-refractivity contribution in [2.75, 3.05) is 40.4 Å². The molecular formula is C21H26N2O6. The minimum Gasteiger partial charge on any atom is -0.495 e. The highest BCUT2D eigenvalue weighted by atomic mass is 16.5.